The standard InChI is InChI=1S/C11H21FO2/c1-8(2)9(5-6-10(13)14)7-11(3,4)12/h8-9H,5-7H2,1-4H3,(H,13,14). The maximum atomic E-state index is 13.4. The third-order valence-corrected chi connectivity index (χ3v) is 2.42. The largest absolute Gasteiger partial charge is 0.481 e. The van der Waals surface area contributed by atoms with Crippen LogP contribution in [0.2, 0.25) is 0 Å². The maximum Gasteiger partial charge on any atom is 0.303 e. The lowest BCUT2D eigenvalue weighted by Gasteiger charge is -2.25. The minimum absolute atomic E-state index is 0.138. The molecule has 0 rings (SSSR count). The van der Waals surface area contributed by atoms with E-state index in [1.54, 1.807) is 13.8 Å². The van der Waals surface area contributed by atoms with Crippen molar-refractivity contribution >= 4 is 5.97 Å². The fourth-order valence-electron chi connectivity index (χ4n) is 1.60. The summed E-state index contributed by atoms with van der Waals surface area (Å²) < 4.78 is 13.4. The van der Waals surface area contributed by atoms with Gasteiger partial charge in [0.15, 0.2) is 0 Å². The molecule has 0 heterocycles. The van der Waals surface area contributed by atoms with E-state index < -0.39 is 11.6 Å². The van der Waals surface area contributed by atoms with Crippen LogP contribution in [0.25, 0.3) is 0 Å². The molecule has 0 fully saturated rings. The van der Waals surface area contributed by atoms with E-state index in [0.29, 0.717) is 18.8 Å². The molecule has 0 spiro atoms. The average Bonchev–Trinajstić information content (AvgIpc) is 1.94. The van der Waals surface area contributed by atoms with E-state index >= 15 is 0 Å². The van der Waals surface area contributed by atoms with Gasteiger partial charge < -0.3 is 5.11 Å². The van der Waals surface area contributed by atoms with Crippen molar-refractivity contribution < 1.29 is 14.3 Å². The molecule has 3 heteroatoms. The van der Waals surface area contributed by atoms with Gasteiger partial charge in [0.1, 0.15) is 5.67 Å². The highest BCUT2D eigenvalue weighted by Gasteiger charge is 2.24. The van der Waals surface area contributed by atoms with E-state index in [1.807, 2.05) is 13.8 Å². The fourth-order valence-corrected chi connectivity index (χ4v) is 1.60. The number of aliphatic carboxylic acids is 1. The first-order valence-corrected chi connectivity index (χ1v) is 5.13. The summed E-state index contributed by atoms with van der Waals surface area (Å²) in [5.41, 5.74) is -1.20. The van der Waals surface area contributed by atoms with Crippen LogP contribution in [0, 0.1) is 11.8 Å². The number of carboxylic acid groups (broad SMARTS) is 1. The summed E-state index contributed by atoms with van der Waals surface area (Å²) in [6, 6.07) is 0. The number of hydrogen-bond acceptors (Lipinski definition) is 1. The lowest BCUT2D eigenvalue weighted by atomic mass is 9.83. The molecule has 0 aliphatic rings. The summed E-state index contributed by atoms with van der Waals surface area (Å²) in [4.78, 5) is 10.4. The molecule has 0 aliphatic heterocycles. The Bertz CT molecular complexity index is 182. The smallest absolute Gasteiger partial charge is 0.303 e. The average molecular weight is 204 g/mol. The van der Waals surface area contributed by atoms with E-state index in [1.165, 1.54) is 0 Å². The Morgan fingerprint density at radius 2 is 1.93 bits per heavy atom. The van der Waals surface area contributed by atoms with Gasteiger partial charge in [0, 0.05) is 6.42 Å². The van der Waals surface area contributed by atoms with Gasteiger partial charge in [-0.3, -0.25) is 4.79 Å². The Kier molecular flexibility index (Phi) is 5.09. The number of carbonyl (C=O) groups is 1. The zero-order valence-electron chi connectivity index (χ0n) is 9.51. The summed E-state index contributed by atoms with van der Waals surface area (Å²) in [5.74, 6) is -0.303. The van der Waals surface area contributed by atoms with Crippen molar-refractivity contribution in [2.45, 2.75) is 52.6 Å². The summed E-state index contributed by atoms with van der Waals surface area (Å²) in [6.07, 6.45) is 1.15. The molecule has 0 bridgehead atoms. The predicted octanol–water partition coefficient (Wildman–Crippen LogP) is 3.26. The first-order valence-electron chi connectivity index (χ1n) is 5.13. The highest BCUT2D eigenvalue weighted by molar-refractivity contribution is 5.66. The Hall–Kier alpha value is -0.600. The molecule has 0 aromatic carbocycles. The van der Waals surface area contributed by atoms with Crippen LogP contribution in [-0.4, -0.2) is 16.7 Å². The topological polar surface area (TPSA) is 37.3 Å². The van der Waals surface area contributed by atoms with Gasteiger partial charge in [-0.1, -0.05) is 13.8 Å². The van der Waals surface area contributed by atoms with Crippen molar-refractivity contribution in [3.8, 4) is 0 Å². The van der Waals surface area contributed by atoms with E-state index in [0.717, 1.165) is 0 Å². The molecule has 0 radical (unpaired) electrons. The van der Waals surface area contributed by atoms with Gasteiger partial charge in [0.25, 0.3) is 0 Å². The first kappa shape index (κ1) is 13.4. The summed E-state index contributed by atoms with van der Waals surface area (Å²) >= 11 is 0. The highest BCUT2D eigenvalue weighted by atomic mass is 19.1. The second-order valence-corrected chi connectivity index (χ2v) is 4.86. The van der Waals surface area contributed by atoms with Gasteiger partial charge in [0.2, 0.25) is 0 Å². The van der Waals surface area contributed by atoms with Crippen LogP contribution in [0.4, 0.5) is 4.39 Å². The Labute approximate surface area is 85.5 Å². The number of halogens is 1. The lowest BCUT2D eigenvalue weighted by Crippen LogP contribution is -2.22. The van der Waals surface area contributed by atoms with Gasteiger partial charge in [0.05, 0.1) is 0 Å². The van der Waals surface area contributed by atoms with E-state index in [2.05, 4.69) is 0 Å². The van der Waals surface area contributed by atoms with E-state index in [-0.39, 0.29) is 12.3 Å². The second-order valence-electron chi connectivity index (χ2n) is 4.86. The molecule has 0 aromatic rings. The van der Waals surface area contributed by atoms with Gasteiger partial charge in [-0.25, -0.2) is 4.39 Å². The fraction of sp³-hybridized carbons (Fsp3) is 0.909. The monoisotopic (exact) mass is 204 g/mol. The summed E-state index contributed by atoms with van der Waals surface area (Å²) in [7, 11) is 0. The molecule has 0 saturated heterocycles. The van der Waals surface area contributed by atoms with Crippen molar-refractivity contribution in [3.05, 3.63) is 0 Å². The molecular formula is C11H21FO2. The molecule has 1 N–H and O–H groups in total. The van der Waals surface area contributed by atoms with Crippen LogP contribution < -0.4 is 0 Å². The minimum atomic E-state index is -1.20. The number of alkyl halides is 1. The third kappa shape index (κ3) is 6.87. The molecule has 0 aliphatic carbocycles. The minimum Gasteiger partial charge on any atom is -0.481 e. The van der Waals surface area contributed by atoms with Crippen molar-refractivity contribution in [3.63, 3.8) is 0 Å². The third-order valence-electron chi connectivity index (χ3n) is 2.42. The van der Waals surface area contributed by atoms with Gasteiger partial charge >= 0.3 is 5.97 Å². The summed E-state index contributed by atoms with van der Waals surface area (Å²) in [5, 5.41) is 8.55. The normalized spacial score (nSPS) is 14.4. The lowest BCUT2D eigenvalue weighted by molar-refractivity contribution is -0.137. The van der Waals surface area contributed by atoms with Crippen LogP contribution in [0.5, 0.6) is 0 Å². The molecule has 0 aromatic heterocycles. The van der Waals surface area contributed by atoms with E-state index in [4.69, 9.17) is 5.11 Å². The maximum absolute atomic E-state index is 13.4. The quantitative estimate of drug-likeness (QED) is 0.721. The van der Waals surface area contributed by atoms with Crippen LogP contribution >= 0.6 is 0 Å². The van der Waals surface area contributed by atoms with Crippen molar-refractivity contribution in [1.29, 1.82) is 0 Å². The molecule has 2 nitrogen and oxygen atoms in total. The molecule has 0 saturated carbocycles. The molecule has 84 valence electrons. The first-order chi connectivity index (χ1) is 6.22. The van der Waals surface area contributed by atoms with Crippen molar-refractivity contribution in [2.24, 2.45) is 11.8 Å². The van der Waals surface area contributed by atoms with Crippen LogP contribution in [0.3, 0.4) is 0 Å². The highest BCUT2D eigenvalue weighted by Crippen LogP contribution is 2.29. The Morgan fingerprint density at radius 3 is 2.21 bits per heavy atom. The molecule has 1 unspecified atom stereocenters. The van der Waals surface area contributed by atoms with Crippen LogP contribution in [-0.2, 0) is 4.79 Å². The Morgan fingerprint density at radius 1 is 1.43 bits per heavy atom. The van der Waals surface area contributed by atoms with Crippen molar-refractivity contribution in [2.75, 3.05) is 0 Å². The van der Waals surface area contributed by atoms with Gasteiger partial charge in [-0.15, -0.1) is 0 Å². The van der Waals surface area contributed by atoms with Crippen molar-refractivity contribution in [1.82, 2.24) is 0 Å². The second kappa shape index (κ2) is 5.32. The zero-order valence-corrected chi connectivity index (χ0v) is 9.51. The predicted molar refractivity (Wildman–Crippen MR) is 55.0 cm³/mol. The number of carboxylic acids is 1. The van der Waals surface area contributed by atoms with E-state index in [9.17, 15) is 9.18 Å². The molecule has 14 heavy (non-hydrogen) atoms. The SMILES string of the molecule is CC(C)C(CCC(=O)O)CC(C)(C)F. The van der Waals surface area contributed by atoms with Crippen LogP contribution in [0.15, 0.2) is 0 Å². The number of rotatable bonds is 6. The zero-order chi connectivity index (χ0) is 11.4. The molecule has 1 atom stereocenters. The summed E-state index contributed by atoms with van der Waals surface area (Å²) in [6.45, 7) is 7.11. The molecular weight excluding hydrogens is 183 g/mol. The number of hydrogen-bond donors (Lipinski definition) is 1. The van der Waals surface area contributed by atoms with Gasteiger partial charge in [-0.2, -0.15) is 0 Å². The van der Waals surface area contributed by atoms with Gasteiger partial charge in [-0.05, 0) is 38.5 Å². The molecule has 0 amide bonds. The Balaban J connectivity index is 4.10. The van der Waals surface area contributed by atoms with Crippen LogP contribution in [0.1, 0.15) is 47.0 Å².